The molecule has 31 heavy (non-hydrogen) atoms. The van der Waals surface area contributed by atoms with Gasteiger partial charge in [0.15, 0.2) is 5.71 Å². The van der Waals surface area contributed by atoms with Crippen molar-refractivity contribution in [2.24, 2.45) is 5.16 Å². The van der Waals surface area contributed by atoms with Gasteiger partial charge in [0.2, 0.25) is 0 Å². The average molecular weight is 476 g/mol. The number of halogens is 5. The lowest BCUT2D eigenvalue weighted by molar-refractivity contribution is -0.133. The van der Waals surface area contributed by atoms with Crippen LogP contribution in [0, 0.1) is 6.92 Å². The van der Waals surface area contributed by atoms with Gasteiger partial charge in [0.25, 0.3) is 0 Å². The predicted molar refractivity (Wildman–Crippen MR) is 112 cm³/mol. The van der Waals surface area contributed by atoms with Crippen molar-refractivity contribution in [2.45, 2.75) is 19.7 Å². The maximum atomic E-state index is 13.5. The molecule has 0 radical (unpaired) electrons. The number of hydrogen-bond donors (Lipinski definition) is 0. The van der Waals surface area contributed by atoms with Crippen LogP contribution < -0.4 is 0 Å². The topological polar surface area (TPSA) is 57.1 Å². The van der Waals surface area contributed by atoms with E-state index in [0.717, 1.165) is 12.1 Å². The Morgan fingerprint density at radius 3 is 2.42 bits per heavy atom. The van der Waals surface area contributed by atoms with Gasteiger partial charge in [0.1, 0.15) is 12.2 Å². The first kappa shape index (κ1) is 24.6. The second-order valence-electron chi connectivity index (χ2n) is 6.20. The van der Waals surface area contributed by atoms with Gasteiger partial charge < -0.3 is 14.3 Å². The zero-order chi connectivity index (χ0) is 23.2. The molecule has 0 amide bonds. The van der Waals surface area contributed by atoms with Gasteiger partial charge in [-0.1, -0.05) is 52.6 Å². The maximum Gasteiger partial charge on any atom is 0.437 e. The molecule has 0 unspecified atom stereocenters. The van der Waals surface area contributed by atoms with Gasteiger partial charge in [-0.15, -0.1) is 0 Å². The number of rotatable bonds is 7. The Labute approximate surface area is 187 Å². The van der Waals surface area contributed by atoms with E-state index >= 15 is 0 Å². The van der Waals surface area contributed by atoms with E-state index < -0.39 is 17.9 Å². The number of alkyl halides is 3. The molecule has 10 heteroatoms. The van der Waals surface area contributed by atoms with E-state index in [0.29, 0.717) is 16.7 Å². The Morgan fingerprint density at radius 1 is 1.13 bits per heavy atom. The Hall–Kier alpha value is -2.71. The molecule has 2 aromatic rings. The number of ether oxygens (including phenoxy) is 2. The van der Waals surface area contributed by atoms with Crippen LogP contribution in [0.1, 0.15) is 22.3 Å². The van der Waals surface area contributed by atoms with Crippen molar-refractivity contribution in [1.29, 1.82) is 0 Å². The summed E-state index contributed by atoms with van der Waals surface area (Å²) in [6.45, 7) is 1.37. The molecular formula is C21H18Cl2F3NO4. The van der Waals surface area contributed by atoms with Crippen LogP contribution in [0.2, 0.25) is 10.0 Å². The molecule has 0 N–H and O–H groups in total. The highest BCUT2D eigenvalue weighted by Gasteiger charge is 2.38. The zero-order valence-electron chi connectivity index (χ0n) is 16.7. The smallest absolute Gasteiger partial charge is 0.437 e. The highest BCUT2D eigenvalue weighted by molar-refractivity contribution is 6.42. The maximum absolute atomic E-state index is 13.5. The van der Waals surface area contributed by atoms with Gasteiger partial charge >= 0.3 is 12.1 Å². The minimum Gasteiger partial charge on any atom is -0.503 e. The number of benzene rings is 2. The van der Waals surface area contributed by atoms with Gasteiger partial charge in [0.05, 0.1) is 30.5 Å². The molecule has 2 rings (SSSR count). The van der Waals surface area contributed by atoms with E-state index in [1.54, 1.807) is 25.1 Å². The predicted octanol–water partition coefficient (Wildman–Crippen LogP) is 5.95. The van der Waals surface area contributed by atoms with E-state index in [4.69, 9.17) is 37.5 Å². The summed E-state index contributed by atoms with van der Waals surface area (Å²) in [6.07, 6.45) is -3.62. The van der Waals surface area contributed by atoms with Crippen molar-refractivity contribution in [3.63, 3.8) is 0 Å². The Morgan fingerprint density at radius 2 is 1.84 bits per heavy atom. The third-order valence-electron chi connectivity index (χ3n) is 4.17. The van der Waals surface area contributed by atoms with Crippen molar-refractivity contribution >= 4 is 40.5 Å². The molecule has 0 aliphatic rings. The van der Waals surface area contributed by atoms with Crippen molar-refractivity contribution in [3.05, 3.63) is 75.0 Å². The minimum absolute atomic E-state index is 0.0512. The van der Waals surface area contributed by atoms with E-state index in [9.17, 15) is 18.0 Å². The van der Waals surface area contributed by atoms with Gasteiger partial charge in [-0.2, -0.15) is 13.2 Å². The Bertz CT molecular complexity index is 1020. The Kier molecular flexibility index (Phi) is 8.36. The highest BCUT2D eigenvalue weighted by atomic mass is 35.5. The SMILES string of the molecule is CO/C=C(/C(=O)OC)c1cccc(C)c1CO/N=C(/c1ccc(Cl)c(Cl)c1)C(F)(F)F. The first-order valence-corrected chi connectivity index (χ1v) is 9.48. The zero-order valence-corrected chi connectivity index (χ0v) is 18.2. The molecule has 0 aliphatic heterocycles. The van der Waals surface area contributed by atoms with Gasteiger partial charge in [-0.05, 0) is 30.2 Å². The summed E-state index contributed by atoms with van der Waals surface area (Å²) in [5, 5.41) is 3.36. The quantitative estimate of drug-likeness (QED) is 0.163. The normalized spacial score (nSPS) is 12.5. The van der Waals surface area contributed by atoms with E-state index in [-0.39, 0.29) is 27.8 Å². The molecule has 0 aliphatic carbocycles. The van der Waals surface area contributed by atoms with Crippen LogP contribution in [0.3, 0.4) is 0 Å². The van der Waals surface area contributed by atoms with Crippen molar-refractivity contribution in [2.75, 3.05) is 14.2 Å². The lowest BCUT2D eigenvalue weighted by Gasteiger charge is -2.15. The lowest BCUT2D eigenvalue weighted by atomic mass is 9.97. The summed E-state index contributed by atoms with van der Waals surface area (Å²) >= 11 is 11.6. The molecule has 0 saturated carbocycles. The molecule has 0 bridgehead atoms. The molecule has 2 aromatic carbocycles. The second-order valence-corrected chi connectivity index (χ2v) is 7.01. The fraction of sp³-hybridized carbons (Fsp3) is 0.238. The summed E-state index contributed by atoms with van der Waals surface area (Å²) in [5.74, 6) is -0.677. The summed E-state index contributed by atoms with van der Waals surface area (Å²) in [7, 11) is 2.56. The van der Waals surface area contributed by atoms with Crippen LogP contribution in [0.4, 0.5) is 13.2 Å². The van der Waals surface area contributed by atoms with Crippen LogP contribution in [-0.4, -0.2) is 32.1 Å². The average Bonchev–Trinajstić information content (AvgIpc) is 2.71. The number of oxime groups is 1. The van der Waals surface area contributed by atoms with E-state index in [1.807, 2.05) is 0 Å². The highest BCUT2D eigenvalue weighted by Crippen LogP contribution is 2.29. The van der Waals surface area contributed by atoms with Gasteiger partial charge in [-0.25, -0.2) is 4.79 Å². The number of carbonyl (C=O) groups excluding carboxylic acids is 1. The number of carbonyl (C=O) groups is 1. The summed E-state index contributed by atoms with van der Waals surface area (Å²) in [5.41, 5.74) is -0.00983. The molecule has 0 heterocycles. The first-order valence-electron chi connectivity index (χ1n) is 8.72. The monoisotopic (exact) mass is 475 g/mol. The van der Waals surface area contributed by atoms with Gasteiger partial charge in [-0.3, -0.25) is 0 Å². The van der Waals surface area contributed by atoms with Crippen LogP contribution in [0.5, 0.6) is 0 Å². The number of nitrogens with zero attached hydrogens (tertiary/aromatic N) is 1. The molecule has 5 nitrogen and oxygen atoms in total. The molecular weight excluding hydrogens is 458 g/mol. The number of hydrogen-bond acceptors (Lipinski definition) is 5. The second kappa shape index (κ2) is 10.5. The molecule has 166 valence electrons. The molecule has 0 atom stereocenters. The molecule has 0 aromatic heterocycles. The summed E-state index contributed by atoms with van der Waals surface area (Å²) in [6, 6.07) is 8.42. The van der Waals surface area contributed by atoms with Crippen LogP contribution >= 0.6 is 23.2 Å². The third kappa shape index (κ3) is 6.15. The van der Waals surface area contributed by atoms with Gasteiger partial charge in [0, 0.05) is 11.1 Å². The Balaban J connectivity index is 2.42. The lowest BCUT2D eigenvalue weighted by Crippen LogP contribution is -2.24. The minimum atomic E-state index is -4.81. The molecule has 0 saturated heterocycles. The number of methoxy groups -OCH3 is 2. The van der Waals surface area contributed by atoms with Crippen molar-refractivity contribution in [3.8, 4) is 0 Å². The van der Waals surface area contributed by atoms with Crippen LogP contribution in [-0.2, 0) is 25.7 Å². The van der Waals surface area contributed by atoms with E-state index in [1.165, 1.54) is 26.5 Å². The number of esters is 1. The number of aryl methyl sites for hydroxylation is 1. The summed E-state index contributed by atoms with van der Waals surface area (Å²) < 4.78 is 50.3. The standard InChI is InChI=1S/C21H18Cl2F3NO4/c1-12-5-4-6-14(16(10-29-2)20(28)30-3)15(12)11-31-27-19(21(24,25)26)13-7-8-17(22)18(23)9-13/h4-10H,11H2,1-3H3/b16-10+,27-19-. The van der Waals surface area contributed by atoms with E-state index in [2.05, 4.69) is 5.16 Å². The molecule has 0 spiro atoms. The van der Waals surface area contributed by atoms with Crippen LogP contribution in [0.25, 0.3) is 5.57 Å². The fourth-order valence-electron chi connectivity index (χ4n) is 2.67. The molecule has 0 fully saturated rings. The third-order valence-corrected chi connectivity index (χ3v) is 4.91. The first-order chi connectivity index (χ1) is 14.6. The van der Waals surface area contributed by atoms with Crippen molar-refractivity contribution < 1.29 is 32.3 Å². The largest absolute Gasteiger partial charge is 0.503 e. The fourth-order valence-corrected chi connectivity index (χ4v) is 2.97. The van der Waals surface area contributed by atoms with Crippen molar-refractivity contribution in [1.82, 2.24) is 0 Å². The summed E-state index contributed by atoms with van der Waals surface area (Å²) in [4.78, 5) is 17.2. The van der Waals surface area contributed by atoms with Crippen LogP contribution in [0.15, 0.2) is 47.8 Å².